The molecule has 0 fully saturated rings. The van der Waals surface area contributed by atoms with Gasteiger partial charge in [-0.05, 0) is 52.9 Å². The molecule has 4 heterocycles. The van der Waals surface area contributed by atoms with Gasteiger partial charge in [-0.3, -0.25) is 24.3 Å². The summed E-state index contributed by atoms with van der Waals surface area (Å²) in [7, 11) is 0. The number of benzene rings is 2. The number of fused-ring (bicyclic) bond motifs is 3. The van der Waals surface area contributed by atoms with Gasteiger partial charge in [0.1, 0.15) is 17.1 Å². The van der Waals surface area contributed by atoms with Gasteiger partial charge >= 0.3 is 0 Å². The van der Waals surface area contributed by atoms with Crippen LogP contribution in [-0.4, -0.2) is 59.6 Å². The van der Waals surface area contributed by atoms with Crippen LogP contribution in [0.2, 0.25) is 0 Å². The van der Waals surface area contributed by atoms with Crippen molar-refractivity contribution in [1.29, 1.82) is 0 Å². The molecule has 3 aromatic heterocycles. The molecule has 15 heteroatoms. The molecule has 2 aromatic carbocycles. The zero-order valence-corrected chi connectivity index (χ0v) is 21.8. The van der Waals surface area contributed by atoms with E-state index in [-0.39, 0.29) is 42.1 Å². The van der Waals surface area contributed by atoms with Crippen LogP contribution in [0.3, 0.4) is 0 Å². The standard InChI is InChI=1S/C27H22N10O5/c38-23-10-22-29-19(26(40)31-17-5-3-14-8-15(2-4-16(14)17)25-32-35-36-33-25)9-20(37(22)34-23)27(41)28-11-13-1-6-21-18(7-13)30-24(39)12-42-21/h1-2,4,6-10,17H,3,5,11-12H2,(H,28,41)(H,30,39)(H,31,40)(H,34,38)(H,32,33,35,36)/t17-/m0/s1. The molecule has 0 saturated carbocycles. The number of nitrogens with zero attached hydrogens (tertiary/aromatic N) is 5. The average molecular weight is 567 g/mol. The molecular weight excluding hydrogens is 544 g/mol. The molecule has 5 aromatic rings. The number of amides is 3. The first kappa shape index (κ1) is 25.1. The Bertz CT molecular complexity index is 1940. The molecule has 15 nitrogen and oxygen atoms in total. The molecule has 5 N–H and O–H groups in total. The number of hydrogen-bond acceptors (Lipinski definition) is 9. The number of ether oxygens (including phenoxy) is 1. The van der Waals surface area contributed by atoms with E-state index in [1.54, 1.807) is 18.2 Å². The van der Waals surface area contributed by atoms with Gasteiger partial charge < -0.3 is 20.7 Å². The fourth-order valence-electron chi connectivity index (χ4n) is 5.22. The van der Waals surface area contributed by atoms with E-state index < -0.39 is 17.4 Å². The number of carbonyl (C=O) groups excluding carboxylic acids is 3. The Balaban J connectivity index is 1.10. The fraction of sp³-hybridized carbons (Fsp3) is 0.185. The van der Waals surface area contributed by atoms with Gasteiger partial charge in [-0.25, -0.2) is 9.50 Å². The molecule has 7 rings (SSSR count). The summed E-state index contributed by atoms with van der Waals surface area (Å²) in [5, 5.41) is 25.1. The maximum absolute atomic E-state index is 13.4. The van der Waals surface area contributed by atoms with Gasteiger partial charge in [0.15, 0.2) is 12.3 Å². The number of carbonyl (C=O) groups is 3. The van der Waals surface area contributed by atoms with Crippen molar-refractivity contribution in [2.75, 3.05) is 11.9 Å². The first-order valence-corrected chi connectivity index (χ1v) is 13.1. The molecular formula is C27H22N10O5. The summed E-state index contributed by atoms with van der Waals surface area (Å²) >= 11 is 0. The molecule has 0 bridgehead atoms. The number of anilines is 1. The highest BCUT2D eigenvalue weighted by Gasteiger charge is 2.27. The zero-order chi connectivity index (χ0) is 28.8. The van der Waals surface area contributed by atoms with Crippen molar-refractivity contribution in [2.45, 2.75) is 25.4 Å². The quantitative estimate of drug-likeness (QED) is 0.198. The fourth-order valence-corrected chi connectivity index (χ4v) is 5.22. The Morgan fingerprint density at radius 1 is 1.07 bits per heavy atom. The number of aryl methyl sites for hydroxylation is 1. The van der Waals surface area contributed by atoms with Gasteiger partial charge in [0, 0.05) is 24.2 Å². The summed E-state index contributed by atoms with van der Waals surface area (Å²) in [5.41, 5.74) is 3.75. The van der Waals surface area contributed by atoms with Crippen molar-refractivity contribution in [3.63, 3.8) is 0 Å². The molecule has 1 aliphatic heterocycles. The normalized spacial score (nSPS) is 15.4. The summed E-state index contributed by atoms with van der Waals surface area (Å²) in [5.74, 6) is -0.256. The Morgan fingerprint density at radius 3 is 2.83 bits per heavy atom. The van der Waals surface area contributed by atoms with Crippen molar-refractivity contribution < 1.29 is 19.1 Å². The van der Waals surface area contributed by atoms with Crippen molar-refractivity contribution in [3.8, 4) is 17.1 Å². The number of tetrazole rings is 1. The molecule has 1 aliphatic carbocycles. The SMILES string of the molecule is O=C1COc2ccc(CNC(=O)c3cc(C(=O)N[C@H]4CCc5cc(-c6nn[nH]n6)ccc54)nc4cc(=O)[nH]n34)cc2N1. The van der Waals surface area contributed by atoms with Crippen LogP contribution in [0.15, 0.2) is 53.3 Å². The minimum absolute atomic E-state index is 0.00957. The van der Waals surface area contributed by atoms with Crippen LogP contribution >= 0.6 is 0 Å². The van der Waals surface area contributed by atoms with Crippen LogP contribution < -0.4 is 26.2 Å². The molecule has 0 saturated heterocycles. The average Bonchev–Trinajstić information content (AvgIpc) is 3.75. The highest BCUT2D eigenvalue weighted by molar-refractivity contribution is 5.98. The molecule has 0 radical (unpaired) electrons. The minimum atomic E-state index is -0.540. The number of aromatic amines is 2. The van der Waals surface area contributed by atoms with Gasteiger partial charge in [0.2, 0.25) is 5.82 Å². The van der Waals surface area contributed by atoms with Gasteiger partial charge in [-0.2, -0.15) is 5.21 Å². The maximum atomic E-state index is 13.4. The minimum Gasteiger partial charge on any atom is -0.482 e. The van der Waals surface area contributed by atoms with Crippen molar-refractivity contribution in [1.82, 2.24) is 45.9 Å². The second kappa shape index (κ2) is 9.96. The molecule has 210 valence electrons. The summed E-state index contributed by atoms with van der Waals surface area (Å²) in [6.45, 7) is 0.0609. The highest BCUT2D eigenvalue weighted by Crippen LogP contribution is 2.34. The number of H-pyrrole nitrogens is 2. The Labute approximate surface area is 235 Å². The summed E-state index contributed by atoms with van der Waals surface area (Å²) in [4.78, 5) is 54.7. The van der Waals surface area contributed by atoms with E-state index >= 15 is 0 Å². The Morgan fingerprint density at radius 2 is 1.98 bits per heavy atom. The van der Waals surface area contributed by atoms with Gasteiger partial charge in [0.05, 0.1) is 11.7 Å². The molecule has 0 spiro atoms. The molecule has 1 atom stereocenters. The smallest absolute Gasteiger partial charge is 0.270 e. The van der Waals surface area contributed by atoms with Gasteiger partial charge in [-0.15, -0.1) is 10.2 Å². The highest BCUT2D eigenvalue weighted by atomic mass is 16.5. The first-order valence-electron chi connectivity index (χ1n) is 13.1. The topological polar surface area (TPSA) is 201 Å². The summed E-state index contributed by atoms with van der Waals surface area (Å²) in [6, 6.07) is 13.2. The van der Waals surface area contributed by atoms with Gasteiger partial charge in [0.25, 0.3) is 23.3 Å². The van der Waals surface area contributed by atoms with E-state index in [2.05, 4.69) is 46.7 Å². The van der Waals surface area contributed by atoms with Crippen LogP contribution in [0.4, 0.5) is 5.69 Å². The first-order chi connectivity index (χ1) is 20.4. The molecule has 3 amide bonds. The van der Waals surface area contributed by atoms with E-state index in [1.807, 2.05) is 18.2 Å². The van der Waals surface area contributed by atoms with Crippen LogP contribution in [0.1, 0.15) is 50.1 Å². The van der Waals surface area contributed by atoms with E-state index in [1.165, 1.54) is 16.6 Å². The summed E-state index contributed by atoms with van der Waals surface area (Å²) < 4.78 is 6.61. The monoisotopic (exact) mass is 566 g/mol. The largest absolute Gasteiger partial charge is 0.482 e. The lowest BCUT2D eigenvalue weighted by atomic mass is 10.0. The van der Waals surface area contributed by atoms with Crippen LogP contribution in [-0.2, 0) is 17.8 Å². The van der Waals surface area contributed by atoms with E-state index in [4.69, 9.17) is 4.74 Å². The molecule has 42 heavy (non-hydrogen) atoms. The lowest BCUT2D eigenvalue weighted by Gasteiger charge is -2.18. The lowest BCUT2D eigenvalue weighted by molar-refractivity contribution is -0.118. The third kappa shape index (κ3) is 4.61. The van der Waals surface area contributed by atoms with Crippen LogP contribution in [0.25, 0.3) is 17.0 Å². The third-order valence-electron chi connectivity index (χ3n) is 7.19. The lowest BCUT2D eigenvalue weighted by Crippen LogP contribution is -2.30. The zero-order valence-electron chi connectivity index (χ0n) is 21.8. The Kier molecular flexibility index (Phi) is 5.96. The second-order valence-corrected chi connectivity index (χ2v) is 9.90. The number of hydrogen-bond donors (Lipinski definition) is 5. The van der Waals surface area contributed by atoms with Crippen molar-refractivity contribution >= 4 is 29.1 Å². The predicted molar refractivity (Wildman–Crippen MR) is 146 cm³/mol. The van der Waals surface area contributed by atoms with E-state index in [9.17, 15) is 19.2 Å². The van der Waals surface area contributed by atoms with Gasteiger partial charge in [-0.1, -0.05) is 18.2 Å². The Hall–Kier alpha value is -5.86. The number of rotatable bonds is 6. The second-order valence-electron chi connectivity index (χ2n) is 9.90. The third-order valence-corrected chi connectivity index (χ3v) is 7.19. The van der Waals surface area contributed by atoms with Crippen LogP contribution in [0, 0.1) is 0 Å². The molecule has 2 aliphatic rings. The van der Waals surface area contributed by atoms with Crippen molar-refractivity contribution in [2.24, 2.45) is 0 Å². The number of nitrogens with one attached hydrogen (secondary N) is 5. The van der Waals surface area contributed by atoms with E-state index in [0.717, 1.165) is 23.1 Å². The van der Waals surface area contributed by atoms with Crippen molar-refractivity contribution in [3.05, 3.63) is 87.0 Å². The summed E-state index contributed by atoms with van der Waals surface area (Å²) in [6.07, 6.45) is 1.43. The maximum Gasteiger partial charge on any atom is 0.270 e. The predicted octanol–water partition coefficient (Wildman–Crippen LogP) is 0.881. The molecule has 0 unspecified atom stereocenters. The van der Waals surface area contributed by atoms with Crippen LogP contribution in [0.5, 0.6) is 5.75 Å². The van der Waals surface area contributed by atoms with E-state index in [0.29, 0.717) is 29.2 Å². The number of aromatic nitrogens is 7.